The Bertz CT molecular complexity index is 566. The highest BCUT2D eigenvalue weighted by Crippen LogP contribution is 2.13. The van der Waals surface area contributed by atoms with Crippen molar-refractivity contribution in [3.63, 3.8) is 0 Å². The van der Waals surface area contributed by atoms with Crippen molar-refractivity contribution in [1.29, 1.82) is 0 Å². The number of hydrogen-bond donors (Lipinski definition) is 2. The number of nitrogen functional groups attached to an aromatic ring is 1. The third-order valence-electron chi connectivity index (χ3n) is 2.83. The van der Waals surface area contributed by atoms with Gasteiger partial charge in [-0.3, -0.25) is 4.79 Å². The number of nitrogens with two attached hydrogens (primary N) is 1. The number of thiazole rings is 1. The van der Waals surface area contributed by atoms with E-state index in [-0.39, 0.29) is 5.91 Å². The average Bonchev–Trinajstić information content (AvgIpc) is 2.89. The summed E-state index contributed by atoms with van der Waals surface area (Å²) in [5.41, 5.74) is 7.45. The van der Waals surface area contributed by atoms with Gasteiger partial charge in [0.1, 0.15) is 5.75 Å². The molecule has 1 heterocycles. The highest BCUT2D eigenvalue weighted by Gasteiger charge is 2.05. The van der Waals surface area contributed by atoms with Crippen molar-refractivity contribution in [1.82, 2.24) is 10.3 Å². The van der Waals surface area contributed by atoms with E-state index in [0.29, 0.717) is 24.5 Å². The Morgan fingerprint density at radius 3 is 2.75 bits per heavy atom. The number of hydrogen-bond acceptors (Lipinski definition) is 5. The van der Waals surface area contributed by atoms with Gasteiger partial charge in [0.05, 0.1) is 12.8 Å². The maximum absolute atomic E-state index is 11.7. The van der Waals surface area contributed by atoms with Crippen molar-refractivity contribution >= 4 is 22.4 Å². The lowest BCUT2D eigenvalue weighted by Crippen LogP contribution is -2.23. The van der Waals surface area contributed by atoms with Gasteiger partial charge in [-0.05, 0) is 24.1 Å². The van der Waals surface area contributed by atoms with Crippen LogP contribution < -0.4 is 15.8 Å². The van der Waals surface area contributed by atoms with Gasteiger partial charge in [0.25, 0.3) is 0 Å². The van der Waals surface area contributed by atoms with Gasteiger partial charge in [0.15, 0.2) is 5.13 Å². The van der Waals surface area contributed by atoms with Crippen LogP contribution in [0.5, 0.6) is 5.75 Å². The fraction of sp³-hybridized carbons (Fsp3) is 0.286. The molecule has 0 saturated carbocycles. The van der Waals surface area contributed by atoms with E-state index in [1.165, 1.54) is 11.3 Å². The van der Waals surface area contributed by atoms with E-state index < -0.39 is 0 Å². The van der Waals surface area contributed by atoms with Crippen LogP contribution in [0.1, 0.15) is 17.7 Å². The number of aromatic nitrogens is 1. The highest BCUT2D eigenvalue weighted by molar-refractivity contribution is 7.13. The number of amides is 1. The second-order valence-electron chi connectivity index (χ2n) is 4.30. The van der Waals surface area contributed by atoms with E-state index >= 15 is 0 Å². The largest absolute Gasteiger partial charge is 0.497 e. The van der Waals surface area contributed by atoms with Crippen LogP contribution in [0.15, 0.2) is 29.6 Å². The number of carbonyl (C=O) groups excluding carboxylic acids is 1. The zero-order chi connectivity index (χ0) is 14.4. The van der Waals surface area contributed by atoms with E-state index in [4.69, 9.17) is 10.5 Å². The number of benzene rings is 1. The molecule has 20 heavy (non-hydrogen) atoms. The lowest BCUT2D eigenvalue weighted by atomic mass is 10.2. The number of anilines is 1. The Labute approximate surface area is 121 Å². The molecule has 0 bridgehead atoms. The Kier molecular flexibility index (Phi) is 4.95. The summed E-state index contributed by atoms with van der Waals surface area (Å²) in [6.07, 6.45) is 1.03. The van der Waals surface area contributed by atoms with E-state index in [2.05, 4.69) is 10.3 Å². The van der Waals surface area contributed by atoms with Gasteiger partial charge in [-0.2, -0.15) is 0 Å². The predicted octanol–water partition coefficient (Wildman–Crippen LogP) is 1.98. The van der Waals surface area contributed by atoms with E-state index in [1.54, 1.807) is 7.11 Å². The molecule has 0 aliphatic carbocycles. The lowest BCUT2D eigenvalue weighted by Gasteiger charge is -2.06. The third-order valence-corrected chi connectivity index (χ3v) is 3.55. The molecule has 0 atom stereocenters. The van der Waals surface area contributed by atoms with Crippen molar-refractivity contribution in [2.75, 3.05) is 12.8 Å². The summed E-state index contributed by atoms with van der Waals surface area (Å²) in [5.74, 6) is 0.814. The number of ether oxygens (including phenoxy) is 1. The molecular weight excluding hydrogens is 274 g/mol. The Hall–Kier alpha value is -2.08. The van der Waals surface area contributed by atoms with Gasteiger partial charge in [-0.1, -0.05) is 12.1 Å². The molecule has 2 aromatic rings. The summed E-state index contributed by atoms with van der Waals surface area (Å²) in [6.45, 7) is 0.516. The quantitative estimate of drug-likeness (QED) is 0.853. The van der Waals surface area contributed by atoms with Crippen LogP contribution >= 0.6 is 11.3 Å². The minimum Gasteiger partial charge on any atom is -0.497 e. The molecule has 1 aromatic carbocycles. The van der Waals surface area contributed by atoms with E-state index in [0.717, 1.165) is 17.0 Å². The fourth-order valence-corrected chi connectivity index (χ4v) is 2.31. The van der Waals surface area contributed by atoms with E-state index in [9.17, 15) is 4.79 Å². The lowest BCUT2D eigenvalue weighted by molar-refractivity contribution is -0.121. The van der Waals surface area contributed by atoms with Crippen LogP contribution in [0, 0.1) is 0 Å². The Morgan fingerprint density at radius 1 is 1.40 bits per heavy atom. The van der Waals surface area contributed by atoms with Crippen LogP contribution in [0.2, 0.25) is 0 Å². The first-order chi connectivity index (χ1) is 9.67. The zero-order valence-electron chi connectivity index (χ0n) is 11.3. The summed E-state index contributed by atoms with van der Waals surface area (Å²) >= 11 is 1.39. The molecule has 2 rings (SSSR count). The third kappa shape index (κ3) is 4.24. The summed E-state index contributed by atoms with van der Waals surface area (Å²) in [4.78, 5) is 15.9. The molecule has 0 fully saturated rings. The van der Waals surface area contributed by atoms with Crippen molar-refractivity contribution < 1.29 is 9.53 Å². The van der Waals surface area contributed by atoms with Gasteiger partial charge in [0.2, 0.25) is 5.91 Å². The maximum Gasteiger partial charge on any atom is 0.220 e. The Morgan fingerprint density at radius 2 is 2.15 bits per heavy atom. The first-order valence-electron chi connectivity index (χ1n) is 6.27. The number of methoxy groups -OCH3 is 1. The Balaban J connectivity index is 1.74. The predicted molar refractivity (Wildman–Crippen MR) is 79.7 cm³/mol. The number of nitrogens with one attached hydrogen (secondary N) is 1. The second-order valence-corrected chi connectivity index (χ2v) is 5.19. The molecule has 106 valence electrons. The smallest absolute Gasteiger partial charge is 0.220 e. The molecule has 0 aliphatic heterocycles. The molecule has 1 aromatic heterocycles. The van der Waals surface area contributed by atoms with Crippen LogP contribution in [-0.2, 0) is 17.8 Å². The molecule has 5 nitrogen and oxygen atoms in total. The number of carbonyl (C=O) groups is 1. The van der Waals surface area contributed by atoms with Gasteiger partial charge in [-0.15, -0.1) is 11.3 Å². The van der Waals surface area contributed by atoms with Crippen molar-refractivity contribution in [3.8, 4) is 5.75 Å². The first kappa shape index (κ1) is 14.3. The molecular formula is C14H17N3O2S. The van der Waals surface area contributed by atoms with E-state index in [1.807, 2.05) is 29.6 Å². The summed E-state index contributed by atoms with van der Waals surface area (Å²) in [5, 5.41) is 5.30. The highest BCUT2D eigenvalue weighted by atomic mass is 32.1. The summed E-state index contributed by atoms with van der Waals surface area (Å²) in [7, 11) is 1.63. The number of rotatable bonds is 6. The van der Waals surface area contributed by atoms with Crippen LogP contribution in [0.25, 0.3) is 0 Å². The second kappa shape index (κ2) is 6.91. The summed E-state index contributed by atoms with van der Waals surface area (Å²) < 4.78 is 5.08. The SMILES string of the molecule is COc1ccc(CNC(=O)CCc2csc(N)n2)cc1. The first-order valence-corrected chi connectivity index (χ1v) is 7.15. The molecule has 0 saturated heterocycles. The monoisotopic (exact) mass is 291 g/mol. The summed E-state index contributed by atoms with van der Waals surface area (Å²) in [6, 6.07) is 7.61. The normalized spacial score (nSPS) is 10.2. The van der Waals surface area contributed by atoms with Crippen LogP contribution in [0.3, 0.4) is 0 Å². The molecule has 1 amide bonds. The fourth-order valence-electron chi connectivity index (χ4n) is 1.71. The van der Waals surface area contributed by atoms with Crippen molar-refractivity contribution in [2.45, 2.75) is 19.4 Å². The van der Waals surface area contributed by atoms with Crippen molar-refractivity contribution in [2.24, 2.45) is 0 Å². The minimum atomic E-state index is 0.00684. The average molecular weight is 291 g/mol. The molecule has 0 aliphatic rings. The molecule has 0 spiro atoms. The molecule has 0 radical (unpaired) electrons. The van der Waals surface area contributed by atoms with Crippen LogP contribution in [0.4, 0.5) is 5.13 Å². The zero-order valence-corrected chi connectivity index (χ0v) is 12.1. The standard InChI is InChI=1S/C14H17N3O2S/c1-19-12-5-2-10(3-6-12)8-16-13(18)7-4-11-9-20-14(15)17-11/h2-3,5-6,9H,4,7-8H2,1H3,(H2,15,17)(H,16,18). The molecule has 0 unspecified atom stereocenters. The van der Waals surface area contributed by atoms with Gasteiger partial charge in [0, 0.05) is 18.3 Å². The topological polar surface area (TPSA) is 77.2 Å². The van der Waals surface area contributed by atoms with Gasteiger partial charge >= 0.3 is 0 Å². The van der Waals surface area contributed by atoms with Gasteiger partial charge < -0.3 is 15.8 Å². The minimum absolute atomic E-state index is 0.00684. The van der Waals surface area contributed by atoms with Gasteiger partial charge in [-0.25, -0.2) is 4.98 Å². The van der Waals surface area contributed by atoms with Crippen LogP contribution in [-0.4, -0.2) is 18.0 Å². The molecule has 6 heteroatoms. The number of aryl methyl sites for hydroxylation is 1. The number of nitrogens with zero attached hydrogens (tertiary/aromatic N) is 1. The maximum atomic E-state index is 11.7. The van der Waals surface area contributed by atoms with Crippen molar-refractivity contribution in [3.05, 3.63) is 40.9 Å². The molecule has 3 N–H and O–H groups in total.